The number of aliphatic carboxylic acids is 1. The van der Waals surface area contributed by atoms with Crippen LogP contribution in [0.5, 0.6) is 0 Å². The summed E-state index contributed by atoms with van der Waals surface area (Å²) in [5.74, 6) is -0.923. The molecule has 0 radical (unpaired) electrons. The third-order valence-electron chi connectivity index (χ3n) is 4.26. The molecule has 1 saturated carbocycles. The second-order valence-electron chi connectivity index (χ2n) is 5.92. The average molecular weight is 289 g/mol. The van der Waals surface area contributed by atoms with Crippen LogP contribution in [-0.2, 0) is 16.0 Å². The lowest BCUT2D eigenvalue weighted by Crippen LogP contribution is -2.50. The Labute approximate surface area is 125 Å². The maximum atomic E-state index is 12.8. The molecule has 1 amide bonds. The monoisotopic (exact) mass is 289 g/mol. The van der Waals surface area contributed by atoms with Crippen LogP contribution in [0.3, 0.4) is 0 Å². The van der Waals surface area contributed by atoms with Gasteiger partial charge in [0, 0.05) is 6.54 Å². The van der Waals surface area contributed by atoms with E-state index in [1.165, 1.54) is 4.90 Å². The van der Waals surface area contributed by atoms with Crippen LogP contribution < -0.4 is 0 Å². The van der Waals surface area contributed by atoms with Crippen LogP contribution in [0.15, 0.2) is 30.3 Å². The first-order valence-electron chi connectivity index (χ1n) is 7.62. The molecule has 1 aromatic carbocycles. The molecule has 1 aliphatic rings. The Hall–Kier alpha value is -1.84. The van der Waals surface area contributed by atoms with Crippen molar-refractivity contribution in [2.24, 2.45) is 5.41 Å². The Balaban J connectivity index is 2.14. The number of carbonyl (C=O) groups excluding carboxylic acids is 1. The van der Waals surface area contributed by atoms with Gasteiger partial charge in [-0.05, 0) is 31.2 Å². The first-order chi connectivity index (χ1) is 10.1. The minimum absolute atomic E-state index is 0.0156. The van der Waals surface area contributed by atoms with E-state index in [2.05, 4.69) is 0 Å². The van der Waals surface area contributed by atoms with Gasteiger partial charge in [0.1, 0.15) is 6.54 Å². The number of rotatable bonds is 7. The molecule has 4 heteroatoms. The van der Waals surface area contributed by atoms with Crippen molar-refractivity contribution >= 4 is 11.9 Å². The number of amides is 1. The highest BCUT2D eigenvalue weighted by Crippen LogP contribution is 2.45. The second kappa shape index (κ2) is 6.74. The molecule has 1 fully saturated rings. The van der Waals surface area contributed by atoms with Gasteiger partial charge in [-0.15, -0.1) is 0 Å². The van der Waals surface area contributed by atoms with Gasteiger partial charge in [0.15, 0.2) is 0 Å². The van der Waals surface area contributed by atoms with Crippen LogP contribution >= 0.6 is 0 Å². The fraction of sp³-hybridized carbons (Fsp3) is 0.529. The first kappa shape index (κ1) is 15.5. The number of hydrogen-bond acceptors (Lipinski definition) is 2. The predicted octanol–water partition coefficient (Wildman–Crippen LogP) is 2.72. The molecule has 114 valence electrons. The smallest absolute Gasteiger partial charge is 0.323 e. The van der Waals surface area contributed by atoms with Gasteiger partial charge >= 0.3 is 5.97 Å². The van der Waals surface area contributed by atoms with Gasteiger partial charge < -0.3 is 10.0 Å². The molecular formula is C17H23NO3. The molecule has 0 aromatic heterocycles. The van der Waals surface area contributed by atoms with Crippen molar-refractivity contribution < 1.29 is 14.7 Å². The van der Waals surface area contributed by atoms with Gasteiger partial charge in [-0.3, -0.25) is 9.59 Å². The third-order valence-corrected chi connectivity index (χ3v) is 4.26. The van der Waals surface area contributed by atoms with Crippen molar-refractivity contribution in [3.05, 3.63) is 35.9 Å². The fourth-order valence-electron chi connectivity index (χ4n) is 3.08. The van der Waals surface area contributed by atoms with Crippen LogP contribution in [0.2, 0.25) is 0 Å². The molecule has 1 N–H and O–H groups in total. The van der Waals surface area contributed by atoms with Crippen molar-refractivity contribution in [2.45, 2.75) is 39.0 Å². The molecule has 0 unspecified atom stereocenters. The topological polar surface area (TPSA) is 57.6 Å². The standard InChI is InChI=1S/C17H23NO3/c1-2-11-18(13-15(19)20)16(21)17(9-6-10-17)12-14-7-4-3-5-8-14/h3-5,7-8H,2,6,9-13H2,1H3,(H,19,20). The molecule has 0 bridgehead atoms. The maximum absolute atomic E-state index is 12.8. The van der Waals surface area contributed by atoms with Gasteiger partial charge in [-0.25, -0.2) is 0 Å². The lowest BCUT2D eigenvalue weighted by atomic mass is 9.64. The normalized spacial score (nSPS) is 16.0. The van der Waals surface area contributed by atoms with Gasteiger partial charge in [0.2, 0.25) is 5.91 Å². The summed E-state index contributed by atoms with van der Waals surface area (Å²) in [5, 5.41) is 9.01. The highest BCUT2D eigenvalue weighted by atomic mass is 16.4. The van der Waals surface area contributed by atoms with Crippen LogP contribution in [0, 0.1) is 5.41 Å². The van der Waals surface area contributed by atoms with E-state index >= 15 is 0 Å². The molecule has 0 saturated heterocycles. The zero-order valence-corrected chi connectivity index (χ0v) is 12.5. The van der Waals surface area contributed by atoms with E-state index in [1.54, 1.807) is 0 Å². The van der Waals surface area contributed by atoms with Crippen LogP contribution in [0.25, 0.3) is 0 Å². The maximum Gasteiger partial charge on any atom is 0.323 e. The van der Waals surface area contributed by atoms with Gasteiger partial charge in [0.25, 0.3) is 0 Å². The lowest BCUT2D eigenvalue weighted by molar-refractivity contribution is -0.153. The number of carboxylic acids is 1. The number of nitrogens with zero attached hydrogens (tertiary/aromatic N) is 1. The van der Waals surface area contributed by atoms with Gasteiger partial charge in [-0.1, -0.05) is 43.7 Å². The lowest BCUT2D eigenvalue weighted by Gasteiger charge is -2.43. The molecule has 21 heavy (non-hydrogen) atoms. The molecule has 4 nitrogen and oxygen atoms in total. The van der Waals surface area contributed by atoms with E-state index in [-0.39, 0.29) is 17.9 Å². The zero-order valence-electron chi connectivity index (χ0n) is 12.5. The predicted molar refractivity (Wildman–Crippen MR) is 80.9 cm³/mol. The average Bonchev–Trinajstić information content (AvgIpc) is 2.42. The highest BCUT2D eigenvalue weighted by Gasteiger charge is 2.46. The SMILES string of the molecule is CCCN(CC(=O)O)C(=O)C1(Cc2ccccc2)CCC1. The summed E-state index contributed by atoms with van der Waals surface area (Å²) in [7, 11) is 0. The van der Waals surface area contributed by atoms with Crippen molar-refractivity contribution in [3.63, 3.8) is 0 Å². The summed E-state index contributed by atoms with van der Waals surface area (Å²) < 4.78 is 0. The number of benzene rings is 1. The first-order valence-corrected chi connectivity index (χ1v) is 7.62. The molecule has 0 heterocycles. The fourth-order valence-corrected chi connectivity index (χ4v) is 3.08. The van der Waals surface area contributed by atoms with E-state index in [0.717, 1.165) is 31.2 Å². The molecule has 0 aliphatic heterocycles. The number of carboxylic acid groups (broad SMARTS) is 1. The Kier molecular flexibility index (Phi) is 4.99. The number of hydrogen-bond donors (Lipinski definition) is 1. The van der Waals surface area contributed by atoms with E-state index < -0.39 is 5.97 Å². The molecule has 1 aliphatic carbocycles. The largest absolute Gasteiger partial charge is 0.480 e. The Morgan fingerprint density at radius 2 is 1.90 bits per heavy atom. The Bertz CT molecular complexity index is 494. The highest BCUT2D eigenvalue weighted by molar-refractivity contribution is 5.87. The third kappa shape index (κ3) is 3.63. The summed E-state index contributed by atoms with van der Waals surface area (Å²) in [6.45, 7) is 2.29. The van der Waals surface area contributed by atoms with Crippen molar-refractivity contribution in [2.75, 3.05) is 13.1 Å². The van der Waals surface area contributed by atoms with Gasteiger partial charge in [-0.2, -0.15) is 0 Å². The summed E-state index contributed by atoms with van der Waals surface area (Å²) in [4.78, 5) is 25.3. The molecule has 1 aromatic rings. The van der Waals surface area contributed by atoms with Crippen LogP contribution in [-0.4, -0.2) is 35.0 Å². The van der Waals surface area contributed by atoms with Crippen molar-refractivity contribution in [1.29, 1.82) is 0 Å². The number of carbonyl (C=O) groups is 2. The summed E-state index contributed by atoms with van der Waals surface area (Å²) in [6, 6.07) is 10.00. The van der Waals surface area contributed by atoms with E-state index in [1.807, 2.05) is 37.3 Å². The Morgan fingerprint density at radius 3 is 2.38 bits per heavy atom. The van der Waals surface area contributed by atoms with E-state index in [0.29, 0.717) is 13.0 Å². The van der Waals surface area contributed by atoms with Gasteiger partial charge in [0.05, 0.1) is 5.41 Å². The second-order valence-corrected chi connectivity index (χ2v) is 5.92. The van der Waals surface area contributed by atoms with E-state index in [9.17, 15) is 9.59 Å². The molecule has 0 atom stereocenters. The van der Waals surface area contributed by atoms with E-state index in [4.69, 9.17) is 5.11 Å². The minimum atomic E-state index is -0.939. The van der Waals surface area contributed by atoms with Crippen molar-refractivity contribution in [3.8, 4) is 0 Å². The summed E-state index contributed by atoms with van der Waals surface area (Å²) in [6.07, 6.45) is 4.26. The molecule has 0 spiro atoms. The quantitative estimate of drug-likeness (QED) is 0.839. The molecule has 2 rings (SSSR count). The summed E-state index contributed by atoms with van der Waals surface area (Å²) in [5.41, 5.74) is 0.767. The zero-order chi connectivity index (χ0) is 15.3. The minimum Gasteiger partial charge on any atom is -0.480 e. The van der Waals surface area contributed by atoms with Crippen LogP contribution in [0.4, 0.5) is 0 Å². The molecular weight excluding hydrogens is 266 g/mol. The van der Waals surface area contributed by atoms with Crippen molar-refractivity contribution in [1.82, 2.24) is 4.90 Å². The Morgan fingerprint density at radius 1 is 1.24 bits per heavy atom. The van der Waals surface area contributed by atoms with Crippen LogP contribution in [0.1, 0.15) is 38.2 Å². The summed E-state index contributed by atoms with van der Waals surface area (Å²) >= 11 is 0.